The van der Waals surface area contributed by atoms with Crippen LogP contribution in [-0.4, -0.2) is 25.2 Å². The summed E-state index contributed by atoms with van der Waals surface area (Å²) in [4.78, 5) is 14.2. The lowest BCUT2D eigenvalue weighted by molar-refractivity contribution is 0.451. The van der Waals surface area contributed by atoms with Gasteiger partial charge in [0.15, 0.2) is 17.5 Å². The van der Waals surface area contributed by atoms with Gasteiger partial charge in [-0.3, -0.25) is 0 Å². The highest BCUT2D eigenvalue weighted by Crippen LogP contribution is 2.33. The fourth-order valence-corrected chi connectivity index (χ4v) is 4.35. The molecule has 0 atom stereocenters. The fraction of sp³-hybridized carbons (Fsp3) is 0. The summed E-state index contributed by atoms with van der Waals surface area (Å²) in [7, 11) is 0. The molecule has 1 aromatic heterocycles. The zero-order valence-electron chi connectivity index (χ0n) is 20.4. The predicted octanol–water partition coefficient (Wildman–Crippen LogP) is 7.62. The molecule has 6 aromatic rings. The Balaban J connectivity index is 1.44. The largest absolute Gasteiger partial charge is 0.508 e. The molecule has 0 amide bonds. The Kier molecular flexibility index (Phi) is 6.08. The van der Waals surface area contributed by atoms with Gasteiger partial charge in [-0.2, -0.15) is 0 Å². The molecular weight excluding hydrogens is 470 g/mol. The van der Waals surface area contributed by atoms with E-state index in [0.29, 0.717) is 23.0 Å². The maximum Gasteiger partial charge on any atom is 0.167 e. The monoisotopic (exact) mass is 493 g/mol. The first-order valence-corrected chi connectivity index (χ1v) is 12.2. The van der Waals surface area contributed by atoms with Gasteiger partial charge < -0.3 is 10.2 Å². The summed E-state index contributed by atoms with van der Waals surface area (Å²) in [5.41, 5.74) is 6.51. The van der Waals surface area contributed by atoms with Crippen LogP contribution in [0.4, 0.5) is 0 Å². The van der Waals surface area contributed by atoms with E-state index in [1.807, 2.05) is 84.9 Å². The molecule has 5 nitrogen and oxygen atoms in total. The van der Waals surface area contributed by atoms with Gasteiger partial charge in [-0.15, -0.1) is 0 Å². The van der Waals surface area contributed by atoms with Crippen molar-refractivity contribution in [1.82, 2.24) is 15.0 Å². The first kappa shape index (κ1) is 23.1. The Labute approximate surface area is 220 Å². The molecule has 5 aromatic carbocycles. The lowest BCUT2D eigenvalue weighted by atomic mass is 10.0. The Morgan fingerprint density at radius 3 is 1.21 bits per heavy atom. The summed E-state index contributed by atoms with van der Waals surface area (Å²) < 4.78 is 0. The third-order valence-electron chi connectivity index (χ3n) is 6.36. The molecule has 0 saturated carbocycles. The summed E-state index contributed by atoms with van der Waals surface area (Å²) in [6.07, 6.45) is 0. The van der Waals surface area contributed by atoms with Crippen molar-refractivity contribution in [2.45, 2.75) is 0 Å². The van der Waals surface area contributed by atoms with Gasteiger partial charge >= 0.3 is 0 Å². The second kappa shape index (κ2) is 9.99. The van der Waals surface area contributed by atoms with Gasteiger partial charge in [0.2, 0.25) is 0 Å². The highest BCUT2D eigenvalue weighted by Gasteiger charge is 2.15. The maximum atomic E-state index is 10.5. The summed E-state index contributed by atoms with van der Waals surface area (Å²) in [6, 6.07) is 40.8. The first-order chi connectivity index (χ1) is 18.6. The normalized spacial score (nSPS) is 10.8. The first-order valence-electron chi connectivity index (χ1n) is 12.2. The Bertz CT molecular complexity index is 1600. The zero-order valence-corrected chi connectivity index (χ0v) is 20.4. The van der Waals surface area contributed by atoms with Crippen LogP contribution in [-0.2, 0) is 0 Å². The molecule has 0 spiro atoms. The van der Waals surface area contributed by atoms with Crippen molar-refractivity contribution >= 4 is 0 Å². The molecule has 2 N–H and O–H groups in total. The summed E-state index contributed by atoms with van der Waals surface area (Å²) in [6.45, 7) is 0. The van der Waals surface area contributed by atoms with Crippen molar-refractivity contribution in [2.24, 2.45) is 0 Å². The number of benzene rings is 5. The minimum Gasteiger partial charge on any atom is -0.508 e. The van der Waals surface area contributed by atoms with Gasteiger partial charge in [0, 0.05) is 17.2 Å². The van der Waals surface area contributed by atoms with Gasteiger partial charge in [0.25, 0.3) is 0 Å². The van der Waals surface area contributed by atoms with Crippen LogP contribution in [0.5, 0.6) is 11.5 Å². The third kappa shape index (κ3) is 4.73. The standard InChI is InChI=1S/C33H23N3O2/c37-28-19-20-29(30(38)21-28)33-35-31(26-15-11-24(12-16-26)22-7-3-1-4-8-22)34-32(36-33)27-17-13-25(14-18-27)23-9-5-2-6-10-23/h1-21,37-38H. The van der Waals surface area contributed by atoms with Crippen molar-refractivity contribution in [3.63, 3.8) is 0 Å². The number of nitrogens with zero attached hydrogens (tertiary/aromatic N) is 3. The number of aromatic nitrogens is 3. The molecule has 1 heterocycles. The predicted molar refractivity (Wildman–Crippen MR) is 150 cm³/mol. The van der Waals surface area contributed by atoms with E-state index in [2.05, 4.69) is 24.3 Å². The molecule has 0 aliphatic rings. The highest BCUT2D eigenvalue weighted by molar-refractivity contribution is 5.73. The Morgan fingerprint density at radius 2 is 0.763 bits per heavy atom. The van der Waals surface area contributed by atoms with E-state index in [4.69, 9.17) is 15.0 Å². The van der Waals surface area contributed by atoms with Crippen LogP contribution in [0.2, 0.25) is 0 Å². The van der Waals surface area contributed by atoms with Crippen LogP contribution >= 0.6 is 0 Å². The quantitative estimate of drug-likeness (QED) is 0.258. The summed E-state index contributed by atoms with van der Waals surface area (Å²) >= 11 is 0. The van der Waals surface area contributed by atoms with E-state index in [1.54, 1.807) is 6.07 Å². The lowest BCUT2D eigenvalue weighted by Gasteiger charge is -2.10. The van der Waals surface area contributed by atoms with E-state index in [0.717, 1.165) is 33.4 Å². The van der Waals surface area contributed by atoms with E-state index in [1.165, 1.54) is 12.1 Å². The molecule has 0 fully saturated rings. The van der Waals surface area contributed by atoms with E-state index in [-0.39, 0.29) is 11.5 Å². The molecule has 5 heteroatoms. The minimum atomic E-state index is -0.105. The topological polar surface area (TPSA) is 79.1 Å². The molecule has 0 unspecified atom stereocenters. The number of aromatic hydroxyl groups is 2. The SMILES string of the molecule is Oc1ccc(-c2nc(-c3ccc(-c4ccccc4)cc3)nc(-c3ccc(-c4ccccc4)cc3)n2)c(O)c1. The minimum absolute atomic E-state index is 0.0336. The second-order valence-corrected chi connectivity index (χ2v) is 8.89. The fourth-order valence-electron chi connectivity index (χ4n) is 4.35. The van der Waals surface area contributed by atoms with Gasteiger partial charge in [0.05, 0.1) is 5.56 Å². The molecule has 0 aliphatic carbocycles. The lowest BCUT2D eigenvalue weighted by Crippen LogP contribution is -2.00. The molecule has 182 valence electrons. The smallest absolute Gasteiger partial charge is 0.167 e. The van der Waals surface area contributed by atoms with Crippen molar-refractivity contribution in [2.75, 3.05) is 0 Å². The van der Waals surface area contributed by atoms with Crippen LogP contribution in [0.1, 0.15) is 0 Å². The molecule has 38 heavy (non-hydrogen) atoms. The molecule has 6 rings (SSSR count). The zero-order chi connectivity index (χ0) is 25.9. The number of rotatable bonds is 5. The van der Waals surface area contributed by atoms with Gasteiger partial charge in [-0.25, -0.2) is 15.0 Å². The van der Waals surface area contributed by atoms with E-state index in [9.17, 15) is 10.2 Å². The molecule has 0 bridgehead atoms. The van der Waals surface area contributed by atoms with Crippen molar-refractivity contribution in [3.8, 4) is 67.9 Å². The molecular formula is C33H23N3O2. The average molecular weight is 494 g/mol. The van der Waals surface area contributed by atoms with Gasteiger partial charge in [0.1, 0.15) is 11.5 Å². The van der Waals surface area contributed by atoms with Crippen LogP contribution in [0.3, 0.4) is 0 Å². The van der Waals surface area contributed by atoms with Crippen LogP contribution in [0, 0.1) is 0 Å². The number of hydrogen-bond donors (Lipinski definition) is 2. The van der Waals surface area contributed by atoms with Gasteiger partial charge in [-0.05, 0) is 34.4 Å². The van der Waals surface area contributed by atoms with E-state index >= 15 is 0 Å². The van der Waals surface area contributed by atoms with Crippen LogP contribution in [0.25, 0.3) is 56.4 Å². The average Bonchev–Trinajstić information content (AvgIpc) is 2.98. The van der Waals surface area contributed by atoms with Crippen molar-refractivity contribution < 1.29 is 10.2 Å². The maximum absolute atomic E-state index is 10.5. The highest BCUT2D eigenvalue weighted by atomic mass is 16.3. The molecule has 0 radical (unpaired) electrons. The summed E-state index contributed by atoms with van der Waals surface area (Å²) in [5, 5.41) is 20.3. The van der Waals surface area contributed by atoms with Crippen LogP contribution in [0.15, 0.2) is 127 Å². The summed E-state index contributed by atoms with van der Waals surface area (Å²) in [5.74, 6) is 1.16. The van der Waals surface area contributed by atoms with Crippen LogP contribution < -0.4 is 0 Å². The van der Waals surface area contributed by atoms with Crippen molar-refractivity contribution in [3.05, 3.63) is 127 Å². The Hall–Kier alpha value is -5.29. The second-order valence-electron chi connectivity index (χ2n) is 8.89. The van der Waals surface area contributed by atoms with Gasteiger partial charge in [-0.1, -0.05) is 109 Å². The number of phenolic OH excluding ortho intramolecular Hbond substituents is 2. The number of hydrogen-bond acceptors (Lipinski definition) is 5. The molecule has 0 aliphatic heterocycles. The molecule has 0 saturated heterocycles. The van der Waals surface area contributed by atoms with E-state index < -0.39 is 0 Å². The van der Waals surface area contributed by atoms with Crippen molar-refractivity contribution in [1.29, 1.82) is 0 Å². The number of phenols is 2. The Morgan fingerprint density at radius 1 is 0.368 bits per heavy atom. The third-order valence-corrected chi connectivity index (χ3v) is 6.36.